The van der Waals surface area contributed by atoms with Crippen LogP contribution in [-0.2, 0) is 22.6 Å². The first-order valence-corrected chi connectivity index (χ1v) is 18.0. The fourth-order valence-corrected chi connectivity index (χ4v) is 7.07. The normalized spacial score (nSPS) is 18.6. The third-order valence-corrected chi connectivity index (χ3v) is 9.84. The van der Waals surface area contributed by atoms with Gasteiger partial charge in [-0.1, -0.05) is 146 Å². The molecule has 2 heterocycles. The van der Waals surface area contributed by atoms with Gasteiger partial charge in [0.15, 0.2) is 12.1 Å². The minimum atomic E-state index is -0.653. The van der Waals surface area contributed by atoms with Crippen LogP contribution < -0.4 is 10.6 Å². The third-order valence-electron chi connectivity index (χ3n) is 8.92. The van der Waals surface area contributed by atoms with Crippen molar-refractivity contribution in [1.29, 1.82) is 0 Å². The van der Waals surface area contributed by atoms with Crippen molar-refractivity contribution < 1.29 is 23.8 Å². The molecular weight excluding hydrogens is 659 g/mol. The van der Waals surface area contributed by atoms with Crippen LogP contribution in [0.1, 0.15) is 41.6 Å². The fourth-order valence-electron chi connectivity index (χ4n) is 6.08. The summed E-state index contributed by atoms with van der Waals surface area (Å²) in [5, 5.41) is 16.0. The van der Waals surface area contributed by atoms with Crippen molar-refractivity contribution in [2.24, 2.45) is 5.92 Å². The largest absolute Gasteiger partial charge is 0.431 e. The van der Waals surface area contributed by atoms with Crippen LogP contribution in [-0.4, -0.2) is 28.0 Å². The van der Waals surface area contributed by atoms with Gasteiger partial charge in [-0.2, -0.15) is 0 Å². The van der Waals surface area contributed by atoms with Crippen molar-refractivity contribution in [2.45, 2.75) is 43.8 Å². The molecule has 0 spiro atoms. The summed E-state index contributed by atoms with van der Waals surface area (Å²) in [4.78, 5) is 17.5. The highest BCUT2D eigenvalue weighted by Gasteiger charge is 2.38. The van der Waals surface area contributed by atoms with Gasteiger partial charge in [0.25, 0.3) is 5.22 Å². The van der Waals surface area contributed by atoms with E-state index in [2.05, 4.69) is 17.6 Å². The van der Waals surface area contributed by atoms with Gasteiger partial charge >= 0.3 is 6.03 Å². The van der Waals surface area contributed by atoms with Crippen LogP contribution in [0.2, 0.25) is 0 Å². The van der Waals surface area contributed by atoms with E-state index in [1.165, 1.54) is 11.8 Å². The Labute approximate surface area is 301 Å². The van der Waals surface area contributed by atoms with E-state index in [0.717, 1.165) is 44.8 Å². The molecule has 258 valence electrons. The summed E-state index contributed by atoms with van der Waals surface area (Å²) in [6, 6.07) is 45.0. The van der Waals surface area contributed by atoms with Crippen molar-refractivity contribution in [2.75, 3.05) is 11.1 Å². The van der Waals surface area contributed by atoms with Crippen LogP contribution in [0.5, 0.6) is 0 Å². The zero-order chi connectivity index (χ0) is 35.0. The van der Waals surface area contributed by atoms with Gasteiger partial charge in [0, 0.05) is 40.6 Å². The highest BCUT2D eigenvalue weighted by Crippen LogP contribution is 2.44. The third kappa shape index (κ3) is 8.41. The molecule has 4 atom stereocenters. The Morgan fingerprint density at radius 3 is 2.04 bits per heavy atom. The van der Waals surface area contributed by atoms with Crippen molar-refractivity contribution in [3.63, 3.8) is 0 Å². The van der Waals surface area contributed by atoms with Crippen LogP contribution in [0.4, 0.5) is 10.5 Å². The first kappa shape index (κ1) is 34.3. The van der Waals surface area contributed by atoms with E-state index in [0.29, 0.717) is 23.2 Å². The number of hydrogen-bond acceptors (Lipinski definition) is 7. The van der Waals surface area contributed by atoms with Crippen molar-refractivity contribution in [3.05, 3.63) is 162 Å². The number of aliphatic hydroxyl groups excluding tert-OH is 1. The molecule has 1 aromatic heterocycles. The maximum absolute atomic E-state index is 12.6. The van der Waals surface area contributed by atoms with Crippen LogP contribution >= 0.6 is 11.8 Å². The second-order valence-corrected chi connectivity index (χ2v) is 13.4. The molecule has 1 aliphatic rings. The zero-order valence-electron chi connectivity index (χ0n) is 28.1. The van der Waals surface area contributed by atoms with E-state index in [4.69, 9.17) is 18.9 Å². The topological polar surface area (TPSA) is 106 Å². The first-order chi connectivity index (χ1) is 25.0. The van der Waals surface area contributed by atoms with E-state index in [1.54, 1.807) is 0 Å². The Hall–Kier alpha value is -5.19. The molecule has 6 aromatic rings. The molecule has 0 aliphatic carbocycles. The number of aliphatic hydroxyl groups is 1. The summed E-state index contributed by atoms with van der Waals surface area (Å²) in [5.74, 6) is 1.30. The van der Waals surface area contributed by atoms with E-state index in [1.807, 2.05) is 140 Å². The highest BCUT2D eigenvalue weighted by atomic mass is 32.2. The maximum atomic E-state index is 12.6. The smallest absolute Gasteiger partial charge is 0.319 e. The van der Waals surface area contributed by atoms with Crippen molar-refractivity contribution >= 4 is 23.5 Å². The Bertz CT molecular complexity index is 1950. The van der Waals surface area contributed by atoms with Crippen LogP contribution in [0, 0.1) is 5.92 Å². The molecule has 0 unspecified atom stereocenters. The highest BCUT2D eigenvalue weighted by molar-refractivity contribution is 7.99. The predicted molar refractivity (Wildman–Crippen MR) is 200 cm³/mol. The number of ether oxygens (including phenoxy) is 2. The average molecular weight is 698 g/mol. The first-order valence-electron chi connectivity index (χ1n) is 17.0. The number of nitrogens with one attached hydrogen (secondary N) is 2. The molecule has 8 nitrogen and oxygen atoms in total. The van der Waals surface area contributed by atoms with Crippen LogP contribution in [0.15, 0.2) is 149 Å². The van der Waals surface area contributed by atoms with Gasteiger partial charge < -0.3 is 29.6 Å². The van der Waals surface area contributed by atoms with Gasteiger partial charge in [0.2, 0.25) is 0 Å². The van der Waals surface area contributed by atoms with Crippen LogP contribution in [0.25, 0.3) is 22.6 Å². The monoisotopic (exact) mass is 697 g/mol. The van der Waals surface area contributed by atoms with Gasteiger partial charge in [-0.15, -0.1) is 0 Å². The Kier molecular flexibility index (Phi) is 10.9. The number of amides is 2. The predicted octanol–water partition coefficient (Wildman–Crippen LogP) is 9.41. The quantitative estimate of drug-likeness (QED) is 0.116. The van der Waals surface area contributed by atoms with Gasteiger partial charge in [0.1, 0.15) is 5.69 Å². The summed E-state index contributed by atoms with van der Waals surface area (Å²) in [5.41, 5.74) is 7.10. The lowest BCUT2D eigenvalue weighted by Crippen LogP contribution is -2.38. The number of oxazole rings is 1. The molecular formula is C42H39N3O5S. The summed E-state index contributed by atoms with van der Waals surface area (Å²) in [6.07, 6.45) is -1.14. The SMILES string of the molecule is C[C@@H]1[C@H](CSc2nc(-c3ccccc3)c(-c3ccccc3)o2)O[C@H](c2ccc(NC(=O)NCc3ccccc3)cc2)O[C@@H]1c1ccc(CO)cc1. The molecule has 1 fully saturated rings. The number of benzene rings is 5. The summed E-state index contributed by atoms with van der Waals surface area (Å²) < 4.78 is 19.7. The van der Waals surface area contributed by atoms with Crippen molar-refractivity contribution in [1.82, 2.24) is 10.3 Å². The Morgan fingerprint density at radius 1 is 0.745 bits per heavy atom. The Morgan fingerprint density at radius 2 is 1.37 bits per heavy atom. The van der Waals surface area contributed by atoms with E-state index >= 15 is 0 Å². The number of carbonyl (C=O) groups excluding carboxylic acids is 1. The number of rotatable bonds is 11. The van der Waals surface area contributed by atoms with Gasteiger partial charge in [0.05, 0.1) is 18.8 Å². The standard InChI is InChI=1S/C42H39N3O5S/c1-28-36(27-51-42-45-37(31-13-7-3-8-14-31)39(50-42)32-15-9-4-10-16-32)48-40(49-38(28)33-19-17-30(26-46)18-20-33)34-21-23-35(24-22-34)44-41(47)43-25-29-11-5-2-6-12-29/h2-24,28,36,38,40,46H,25-27H2,1H3,(H2,43,44,47)/t28-,36+,38+,40+/m1/s1. The van der Waals surface area contributed by atoms with E-state index in [9.17, 15) is 9.90 Å². The number of hydrogen-bond donors (Lipinski definition) is 3. The van der Waals surface area contributed by atoms with Gasteiger partial charge in [-0.25, -0.2) is 9.78 Å². The molecule has 5 aromatic carbocycles. The van der Waals surface area contributed by atoms with E-state index < -0.39 is 6.29 Å². The lowest BCUT2D eigenvalue weighted by atomic mass is 9.91. The summed E-state index contributed by atoms with van der Waals surface area (Å²) in [6.45, 7) is 2.54. The summed E-state index contributed by atoms with van der Waals surface area (Å²) in [7, 11) is 0. The fraction of sp³-hybridized carbons (Fsp3) is 0.190. The molecule has 3 N–H and O–H groups in total. The molecule has 1 saturated heterocycles. The van der Waals surface area contributed by atoms with Gasteiger partial charge in [-0.3, -0.25) is 0 Å². The van der Waals surface area contributed by atoms with E-state index in [-0.39, 0.29) is 30.8 Å². The molecule has 51 heavy (non-hydrogen) atoms. The van der Waals surface area contributed by atoms with Crippen molar-refractivity contribution in [3.8, 4) is 22.6 Å². The maximum Gasteiger partial charge on any atom is 0.319 e. The molecule has 1 aliphatic heterocycles. The molecule has 7 rings (SSSR count). The molecule has 0 radical (unpaired) electrons. The second-order valence-electron chi connectivity index (χ2n) is 12.4. The molecule has 0 bridgehead atoms. The number of thioether (sulfide) groups is 1. The second kappa shape index (κ2) is 16.2. The number of urea groups is 1. The number of carbonyl (C=O) groups is 1. The zero-order valence-corrected chi connectivity index (χ0v) is 29.0. The molecule has 2 amide bonds. The Balaban J connectivity index is 1.09. The lowest BCUT2D eigenvalue weighted by Gasteiger charge is -2.41. The van der Waals surface area contributed by atoms with Gasteiger partial charge in [-0.05, 0) is 28.8 Å². The lowest BCUT2D eigenvalue weighted by molar-refractivity contribution is -0.268. The summed E-state index contributed by atoms with van der Waals surface area (Å²) >= 11 is 1.52. The van der Waals surface area contributed by atoms with Crippen LogP contribution in [0.3, 0.4) is 0 Å². The average Bonchev–Trinajstić information content (AvgIpc) is 3.63. The molecule has 0 saturated carbocycles. The minimum absolute atomic E-state index is 0.0138. The minimum Gasteiger partial charge on any atom is -0.431 e. The number of anilines is 1. The number of nitrogens with zero attached hydrogens (tertiary/aromatic N) is 1. The number of aromatic nitrogens is 1. The molecule has 9 heteroatoms.